The highest BCUT2D eigenvalue weighted by Gasteiger charge is 2.13. The Hall–Kier alpha value is -2.98. The van der Waals surface area contributed by atoms with Crippen LogP contribution in [0.15, 0.2) is 36.3 Å². The van der Waals surface area contributed by atoms with Crippen molar-refractivity contribution in [3.05, 3.63) is 41.9 Å². The van der Waals surface area contributed by atoms with E-state index >= 15 is 0 Å². The molecule has 1 amide bonds. The van der Waals surface area contributed by atoms with Gasteiger partial charge < -0.3 is 10.1 Å². The molecule has 0 aromatic carbocycles. The smallest absolute Gasteiger partial charge is 0.261 e. The molecule has 0 atom stereocenters. The van der Waals surface area contributed by atoms with E-state index in [0.717, 1.165) is 5.56 Å². The number of rotatable bonds is 8. The van der Waals surface area contributed by atoms with Crippen LogP contribution in [-0.2, 0) is 16.6 Å². The third-order valence-electron chi connectivity index (χ3n) is 3.43. The molecule has 0 unspecified atom stereocenters. The summed E-state index contributed by atoms with van der Waals surface area (Å²) in [5, 5.41) is 16.5. The molecule has 0 fully saturated rings. The molecule has 7 heteroatoms. The van der Waals surface area contributed by atoms with Crippen LogP contribution < -0.4 is 5.32 Å². The molecule has 2 aromatic heterocycles. The normalized spacial score (nSPS) is 11.2. The van der Waals surface area contributed by atoms with Crippen LogP contribution in [0.5, 0.6) is 0 Å². The van der Waals surface area contributed by atoms with Crippen molar-refractivity contribution in [2.75, 3.05) is 19.8 Å². The molecule has 0 spiro atoms. The van der Waals surface area contributed by atoms with Gasteiger partial charge in [0, 0.05) is 56.5 Å². The summed E-state index contributed by atoms with van der Waals surface area (Å²) in [6.45, 7) is 3.61. The highest BCUT2D eigenvalue weighted by molar-refractivity contribution is 6.02. The minimum atomic E-state index is -0.400. The van der Waals surface area contributed by atoms with Gasteiger partial charge in [-0.1, -0.05) is 0 Å². The Morgan fingerprint density at radius 1 is 1.44 bits per heavy atom. The first-order valence-corrected chi connectivity index (χ1v) is 8.07. The first kappa shape index (κ1) is 18.4. The van der Waals surface area contributed by atoms with Gasteiger partial charge in [-0.3, -0.25) is 14.5 Å². The topological polar surface area (TPSA) is 92.8 Å². The van der Waals surface area contributed by atoms with Crippen LogP contribution >= 0.6 is 0 Å². The van der Waals surface area contributed by atoms with Crippen molar-refractivity contribution in [2.24, 2.45) is 7.05 Å². The predicted octanol–water partition coefficient (Wildman–Crippen LogP) is 1.93. The Morgan fingerprint density at radius 2 is 2.20 bits per heavy atom. The van der Waals surface area contributed by atoms with Gasteiger partial charge in [0.05, 0.1) is 5.69 Å². The molecule has 0 saturated heterocycles. The summed E-state index contributed by atoms with van der Waals surface area (Å²) in [4.78, 5) is 16.2. The van der Waals surface area contributed by atoms with Crippen molar-refractivity contribution < 1.29 is 9.53 Å². The van der Waals surface area contributed by atoms with E-state index < -0.39 is 5.91 Å². The lowest BCUT2D eigenvalue weighted by atomic mass is 10.1. The van der Waals surface area contributed by atoms with Crippen molar-refractivity contribution in [2.45, 2.75) is 13.3 Å². The number of carbonyl (C=O) groups is 1. The zero-order valence-corrected chi connectivity index (χ0v) is 14.4. The Kier molecular flexibility index (Phi) is 6.87. The van der Waals surface area contributed by atoms with Gasteiger partial charge in [-0.15, -0.1) is 0 Å². The number of aromatic nitrogens is 3. The van der Waals surface area contributed by atoms with Crippen LogP contribution in [-0.4, -0.2) is 40.4 Å². The van der Waals surface area contributed by atoms with Gasteiger partial charge in [-0.05, 0) is 31.6 Å². The summed E-state index contributed by atoms with van der Waals surface area (Å²) in [6.07, 6.45) is 7.38. The lowest BCUT2D eigenvalue weighted by Gasteiger charge is -2.04. The molecule has 0 saturated carbocycles. The van der Waals surface area contributed by atoms with Crippen LogP contribution in [0.25, 0.3) is 17.3 Å². The van der Waals surface area contributed by atoms with Crippen LogP contribution in [0.3, 0.4) is 0 Å². The predicted molar refractivity (Wildman–Crippen MR) is 94.1 cm³/mol. The van der Waals surface area contributed by atoms with Gasteiger partial charge in [0.15, 0.2) is 0 Å². The highest BCUT2D eigenvalue weighted by atomic mass is 16.5. The number of nitrogens with zero attached hydrogens (tertiary/aromatic N) is 4. The molecular weight excluding hydrogens is 318 g/mol. The largest absolute Gasteiger partial charge is 0.382 e. The van der Waals surface area contributed by atoms with Gasteiger partial charge >= 0.3 is 0 Å². The Labute approximate surface area is 146 Å². The lowest BCUT2D eigenvalue weighted by molar-refractivity contribution is -0.117. The Balaban J connectivity index is 2.14. The van der Waals surface area contributed by atoms with Crippen molar-refractivity contribution in [1.82, 2.24) is 20.1 Å². The number of carbonyl (C=O) groups excluding carboxylic acids is 1. The standard InChI is InChI=1S/C18H21N5O2/c1-3-25-10-4-7-21-18(24)15(12-19)11-16-13-23(2)22-17(16)14-5-8-20-9-6-14/h5-6,8-9,11,13H,3-4,7,10H2,1-2H3,(H,21,24)/b15-11-. The van der Waals surface area contributed by atoms with Crippen molar-refractivity contribution in [3.8, 4) is 17.3 Å². The second-order valence-electron chi connectivity index (χ2n) is 5.32. The fourth-order valence-electron chi connectivity index (χ4n) is 2.27. The number of hydrogen-bond acceptors (Lipinski definition) is 5. The van der Waals surface area contributed by atoms with E-state index in [2.05, 4.69) is 15.4 Å². The van der Waals surface area contributed by atoms with Gasteiger partial charge in [0.2, 0.25) is 0 Å². The molecular formula is C18H21N5O2. The van der Waals surface area contributed by atoms with E-state index in [-0.39, 0.29) is 5.57 Å². The number of hydrogen-bond donors (Lipinski definition) is 1. The molecule has 0 aliphatic carbocycles. The zero-order chi connectivity index (χ0) is 18.1. The monoisotopic (exact) mass is 339 g/mol. The maximum atomic E-state index is 12.2. The average molecular weight is 339 g/mol. The minimum absolute atomic E-state index is 0.0414. The molecule has 0 aliphatic heterocycles. The summed E-state index contributed by atoms with van der Waals surface area (Å²) >= 11 is 0. The second kappa shape index (κ2) is 9.35. The van der Waals surface area contributed by atoms with Gasteiger partial charge in [0.25, 0.3) is 5.91 Å². The Morgan fingerprint density at radius 3 is 2.88 bits per heavy atom. The highest BCUT2D eigenvalue weighted by Crippen LogP contribution is 2.23. The summed E-state index contributed by atoms with van der Waals surface area (Å²) in [6, 6.07) is 5.62. The lowest BCUT2D eigenvalue weighted by Crippen LogP contribution is -2.26. The number of nitriles is 1. The summed E-state index contributed by atoms with van der Waals surface area (Å²) in [7, 11) is 1.79. The maximum absolute atomic E-state index is 12.2. The number of nitrogens with one attached hydrogen (secondary N) is 1. The van der Waals surface area contributed by atoms with E-state index in [1.807, 2.05) is 25.1 Å². The van der Waals surface area contributed by atoms with E-state index in [4.69, 9.17) is 4.74 Å². The summed E-state index contributed by atoms with van der Waals surface area (Å²) < 4.78 is 6.87. The molecule has 0 bridgehead atoms. The summed E-state index contributed by atoms with van der Waals surface area (Å²) in [5.41, 5.74) is 2.31. The van der Waals surface area contributed by atoms with Gasteiger partial charge in [0.1, 0.15) is 11.6 Å². The summed E-state index contributed by atoms with van der Waals surface area (Å²) in [5.74, 6) is -0.400. The SMILES string of the molecule is CCOCCCNC(=O)/C(C#N)=C\c1cn(C)nc1-c1ccncc1. The fraction of sp³-hybridized carbons (Fsp3) is 0.333. The average Bonchev–Trinajstić information content (AvgIpc) is 3.00. The number of amides is 1. The van der Waals surface area contributed by atoms with Crippen molar-refractivity contribution in [3.63, 3.8) is 0 Å². The van der Waals surface area contributed by atoms with Crippen molar-refractivity contribution in [1.29, 1.82) is 5.26 Å². The van der Waals surface area contributed by atoms with E-state index in [1.165, 1.54) is 0 Å². The first-order chi connectivity index (χ1) is 12.2. The van der Waals surface area contributed by atoms with E-state index in [0.29, 0.717) is 37.4 Å². The third kappa shape index (κ3) is 5.26. The van der Waals surface area contributed by atoms with Crippen LogP contribution in [0.4, 0.5) is 0 Å². The molecule has 130 valence electrons. The van der Waals surface area contributed by atoms with Crippen LogP contribution in [0.2, 0.25) is 0 Å². The fourth-order valence-corrected chi connectivity index (χ4v) is 2.27. The zero-order valence-electron chi connectivity index (χ0n) is 14.4. The number of pyridine rings is 1. The number of ether oxygens (including phenoxy) is 1. The molecule has 25 heavy (non-hydrogen) atoms. The third-order valence-corrected chi connectivity index (χ3v) is 3.43. The molecule has 2 rings (SSSR count). The van der Waals surface area contributed by atoms with Gasteiger partial charge in [-0.25, -0.2) is 0 Å². The maximum Gasteiger partial charge on any atom is 0.261 e. The molecule has 0 radical (unpaired) electrons. The minimum Gasteiger partial charge on any atom is -0.382 e. The molecule has 2 aromatic rings. The molecule has 1 N–H and O–H groups in total. The molecule has 0 aliphatic rings. The first-order valence-electron chi connectivity index (χ1n) is 8.07. The van der Waals surface area contributed by atoms with Crippen LogP contribution in [0, 0.1) is 11.3 Å². The van der Waals surface area contributed by atoms with Crippen LogP contribution in [0.1, 0.15) is 18.9 Å². The van der Waals surface area contributed by atoms with E-state index in [1.54, 1.807) is 36.4 Å². The quantitative estimate of drug-likeness (QED) is 0.451. The van der Waals surface area contributed by atoms with Gasteiger partial charge in [-0.2, -0.15) is 10.4 Å². The Bertz CT molecular complexity index is 775. The molecule has 7 nitrogen and oxygen atoms in total. The molecule has 2 heterocycles. The van der Waals surface area contributed by atoms with E-state index in [9.17, 15) is 10.1 Å². The van der Waals surface area contributed by atoms with Crippen molar-refractivity contribution >= 4 is 12.0 Å². The number of aryl methyl sites for hydroxylation is 1. The second-order valence-corrected chi connectivity index (χ2v) is 5.32.